The molecule has 0 fully saturated rings. The maximum atomic E-state index is 13.9. The van der Waals surface area contributed by atoms with Crippen molar-refractivity contribution in [2.24, 2.45) is 5.92 Å². The number of carbonyl (C=O) groups excluding carboxylic acids is 3. The summed E-state index contributed by atoms with van der Waals surface area (Å²) in [5, 5.41) is 9.22. The minimum atomic E-state index is -0.817. The highest BCUT2D eigenvalue weighted by Gasteiger charge is 2.31. The molecule has 0 unspecified atom stereocenters. The first-order valence-electron chi connectivity index (χ1n) is 14.9. The van der Waals surface area contributed by atoms with Gasteiger partial charge in [-0.25, -0.2) is 9.78 Å². The van der Waals surface area contributed by atoms with Crippen LogP contribution in [0, 0.1) is 12.8 Å². The number of rotatable bonds is 11. The first kappa shape index (κ1) is 34.2. The minimum absolute atomic E-state index is 0.132. The highest BCUT2D eigenvalue weighted by molar-refractivity contribution is 7.16. The number of amides is 2. The first-order chi connectivity index (χ1) is 22.0. The average Bonchev–Trinajstić information content (AvgIpc) is 3.24. The van der Waals surface area contributed by atoms with Crippen LogP contribution in [-0.4, -0.2) is 57.2 Å². The van der Waals surface area contributed by atoms with E-state index in [1.807, 2.05) is 19.9 Å². The van der Waals surface area contributed by atoms with Gasteiger partial charge in [0.1, 0.15) is 6.04 Å². The van der Waals surface area contributed by atoms with Crippen LogP contribution in [-0.2, 0) is 20.7 Å². The lowest BCUT2D eigenvalue weighted by atomic mass is 9.95. The molecule has 1 heterocycles. The van der Waals surface area contributed by atoms with Crippen LogP contribution >= 0.6 is 11.3 Å². The van der Waals surface area contributed by atoms with Crippen LogP contribution in [0.2, 0.25) is 0 Å². The van der Waals surface area contributed by atoms with E-state index in [4.69, 9.17) is 18.9 Å². The van der Waals surface area contributed by atoms with E-state index in [0.717, 1.165) is 22.5 Å². The number of ether oxygens (including phenoxy) is 4. The van der Waals surface area contributed by atoms with Gasteiger partial charge in [0.2, 0.25) is 23.0 Å². The smallest absolute Gasteiger partial charge is 0.357 e. The van der Waals surface area contributed by atoms with E-state index in [2.05, 4.69) is 20.9 Å². The highest BCUT2D eigenvalue weighted by Crippen LogP contribution is 2.50. The van der Waals surface area contributed by atoms with Crippen molar-refractivity contribution in [3.05, 3.63) is 56.2 Å². The fourth-order valence-corrected chi connectivity index (χ4v) is 6.42. The van der Waals surface area contributed by atoms with Gasteiger partial charge in [0.25, 0.3) is 0 Å². The summed E-state index contributed by atoms with van der Waals surface area (Å²) < 4.78 is 21.9. The van der Waals surface area contributed by atoms with Gasteiger partial charge < -0.3 is 34.9 Å². The van der Waals surface area contributed by atoms with Gasteiger partial charge in [-0.15, -0.1) is 11.3 Å². The molecule has 1 aromatic heterocycles. The van der Waals surface area contributed by atoms with Crippen LogP contribution < -0.4 is 35.6 Å². The zero-order valence-corrected chi connectivity index (χ0v) is 28.1. The molecule has 0 saturated carbocycles. The molecule has 0 aliphatic heterocycles. The highest BCUT2D eigenvalue weighted by atomic mass is 32.1. The number of esters is 1. The molecule has 246 valence electrons. The number of hydrogen-bond donors (Lipinski definition) is 3. The van der Waals surface area contributed by atoms with E-state index in [-0.39, 0.29) is 33.8 Å². The normalized spacial score (nSPS) is 14.8. The van der Waals surface area contributed by atoms with Crippen LogP contribution in [0.3, 0.4) is 0 Å². The maximum Gasteiger partial charge on any atom is 0.357 e. The van der Waals surface area contributed by atoms with Crippen LogP contribution in [0.5, 0.6) is 17.2 Å². The van der Waals surface area contributed by atoms with Crippen molar-refractivity contribution in [1.82, 2.24) is 10.3 Å². The summed E-state index contributed by atoms with van der Waals surface area (Å²) in [7, 11) is 5.88. The third-order valence-corrected chi connectivity index (χ3v) is 9.01. The molecule has 0 saturated heterocycles. The molecule has 4 rings (SSSR count). The van der Waals surface area contributed by atoms with Gasteiger partial charge in [-0.05, 0) is 60.6 Å². The zero-order chi connectivity index (χ0) is 33.7. The van der Waals surface area contributed by atoms with Crippen LogP contribution in [0.1, 0.15) is 66.1 Å². The van der Waals surface area contributed by atoms with Crippen LogP contribution in [0.25, 0.3) is 11.1 Å². The van der Waals surface area contributed by atoms with E-state index < -0.39 is 24.0 Å². The van der Waals surface area contributed by atoms with Gasteiger partial charge in [0, 0.05) is 17.4 Å². The predicted octanol–water partition coefficient (Wildman–Crippen LogP) is 4.88. The Hall–Kier alpha value is -4.65. The van der Waals surface area contributed by atoms with Crippen LogP contribution in [0.15, 0.2) is 29.1 Å². The number of methoxy groups -OCH3 is 4. The largest absolute Gasteiger partial charge is 0.493 e. The van der Waals surface area contributed by atoms with Crippen molar-refractivity contribution in [2.45, 2.75) is 59.0 Å². The quantitative estimate of drug-likeness (QED) is 0.244. The number of nitrogens with zero attached hydrogens (tertiary/aromatic N) is 1. The molecular weight excluding hydrogens is 612 g/mol. The summed E-state index contributed by atoms with van der Waals surface area (Å²) in [4.78, 5) is 56.6. The van der Waals surface area contributed by atoms with Crippen molar-refractivity contribution in [3.63, 3.8) is 0 Å². The number of nitrogens with one attached hydrogen (secondary N) is 3. The Morgan fingerprint density at radius 2 is 1.78 bits per heavy atom. The lowest BCUT2D eigenvalue weighted by Crippen LogP contribution is -2.40. The maximum absolute atomic E-state index is 13.9. The monoisotopic (exact) mass is 652 g/mol. The molecule has 13 heteroatoms. The number of thiazole rings is 1. The number of aromatic nitrogens is 1. The molecule has 2 aromatic carbocycles. The summed E-state index contributed by atoms with van der Waals surface area (Å²) in [6, 6.07) is 5.54. The topological polar surface area (TPSA) is 154 Å². The summed E-state index contributed by atoms with van der Waals surface area (Å²) in [6.07, 6.45) is 1.72. The number of benzene rings is 1. The summed E-state index contributed by atoms with van der Waals surface area (Å²) >= 11 is 1.16. The third-order valence-electron chi connectivity index (χ3n) is 8.13. The fourth-order valence-electron chi connectivity index (χ4n) is 5.62. The van der Waals surface area contributed by atoms with E-state index in [0.29, 0.717) is 52.5 Å². The van der Waals surface area contributed by atoms with Gasteiger partial charge in [0.15, 0.2) is 22.3 Å². The summed E-state index contributed by atoms with van der Waals surface area (Å²) in [5.41, 5.74) is 2.87. The van der Waals surface area contributed by atoms with Crippen molar-refractivity contribution in [3.8, 4) is 28.4 Å². The second-order valence-electron chi connectivity index (χ2n) is 11.0. The summed E-state index contributed by atoms with van der Waals surface area (Å²) in [6.45, 7) is 7.00. The fraction of sp³-hybridized carbons (Fsp3) is 0.424. The molecule has 0 bridgehead atoms. The molecule has 3 aromatic rings. The number of anilines is 2. The van der Waals surface area contributed by atoms with Crippen molar-refractivity contribution >= 4 is 39.9 Å². The van der Waals surface area contributed by atoms with E-state index in [1.54, 1.807) is 26.2 Å². The Bertz CT molecular complexity index is 1710. The van der Waals surface area contributed by atoms with E-state index in [9.17, 15) is 19.2 Å². The Morgan fingerprint density at radius 3 is 2.39 bits per heavy atom. The summed E-state index contributed by atoms with van der Waals surface area (Å²) in [5.74, 6) is -0.0764. The number of fused-ring (bicyclic) bond motifs is 3. The molecule has 3 N–H and O–H groups in total. The average molecular weight is 653 g/mol. The Balaban J connectivity index is 1.83. The molecule has 3 atom stereocenters. The van der Waals surface area contributed by atoms with Crippen molar-refractivity contribution in [2.75, 3.05) is 39.1 Å². The molecular formula is C33H40N4O8S. The minimum Gasteiger partial charge on any atom is -0.493 e. The molecule has 46 heavy (non-hydrogen) atoms. The number of carbonyl (C=O) groups is 3. The number of hydrogen-bond acceptors (Lipinski definition) is 11. The third kappa shape index (κ3) is 6.94. The molecule has 1 aliphatic rings. The lowest BCUT2D eigenvalue weighted by Gasteiger charge is -2.23. The molecule has 12 nitrogen and oxygen atoms in total. The first-order valence-corrected chi connectivity index (χ1v) is 15.7. The number of aryl methyl sites for hydroxylation is 2. The van der Waals surface area contributed by atoms with E-state index >= 15 is 0 Å². The Kier molecular flexibility index (Phi) is 10.9. The van der Waals surface area contributed by atoms with Crippen LogP contribution in [0.4, 0.5) is 10.8 Å². The van der Waals surface area contributed by atoms with E-state index in [1.165, 1.54) is 34.3 Å². The molecule has 2 amide bonds. The lowest BCUT2D eigenvalue weighted by molar-refractivity contribution is -0.120. The molecule has 0 spiro atoms. The van der Waals surface area contributed by atoms with Crippen molar-refractivity contribution in [1.29, 1.82) is 0 Å². The standard InChI is InChI=1S/C33H40N4O8S/c1-9-16(2)27(31(40)37-33-36-28(17(3)46-33)32(41)45-8)35-23-13-11-20-21(15-24(23)39)22(34-18(4)38)12-10-19-14-25(42-5)29(43-6)30(44-7)26(19)20/h11,13-16,22,27H,9-10,12H2,1-8H3,(H,34,38)(H,35,39)(H,36,37,40)/t16-,22+,27-/m0/s1. The zero-order valence-electron chi connectivity index (χ0n) is 27.3. The second kappa shape index (κ2) is 14.6. The second-order valence-corrected chi connectivity index (χ2v) is 12.2. The predicted molar refractivity (Wildman–Crippen MR) is 176 cm³/mol. The van der Waals surface area contributed by atoms with Gasteiger partial charge in [-0.3, -0.25) is 14.4 Å². The van der Waals surface area contributed by atoms with Gasteiger partial charge in [-0.1, -0.05) is 26.3 Å². The molecule has 1 aliphatic carbocycles. The SMILES string of the molecule is CC[C@H](C)[C@H](Nc1ccc2c(cc1=O)[C@H](NC(C)=O)CCc1cc(OC)c(OC)c(OC)c1-2)C(=O)Nc1nc(C(=O)OC)c(C)s1. The Morgan fingerprint density at radius 1 is 1.07 bits per heavy atom. The molecule has 0 radical (unpaired) electrons. The van der Waals surface area contributed by atoms with Gasteiger partial charge >= 0.3 is 5.97 Å². The van der Waals surface area contributed by atoms with Gasteiger partial charge in [0.05, 0.1) is 40.2 Å². The Labute approximate surface area is 271 Å². The van der Waals surface area contributed by atoms with Gasteiger partial charge in [-0.2, -0.15) is 0 Å². The van der Waals surface area contributed by atoms with Crippen molar-refractivity contribution < 1.29 is 33.3 Å².